The fourth-order valence-corrected chi connectivity index (χ4v) is 4.31. The molecule has 0 N–H and O–H groups in total. The molecule has 0 aliphatic heterocycles. The van der Waals surface area contributed by atoms with Gasteiger partial charge in [-0.3, -0.25) is 4.79 Å². The van der Waals surface area contributed by atoms with Crippen molar-refractivity contribution in [3.63, 3.8) is 0 Å². The lowest BCUT2D eigenvalue weighted by Crippen LogP contribution is -2.35. The molecule has 0 radical (unpaired) electrons. The van der Waals surface area contributed by atoms with Crippen LogP contribution < -0.4 is 8.92 Å². The molecule has 9 heteroatoms. The summed E-state index contributed by atoms with van der Waals surface area (Å²) in [4.78, 5) is 14.3. The topological polar surface area (TPSA) is 72.9 Å². The highest BCUT2D eigenvalue weighted by molar-refractivity contribution is 7.87. The molecule has 1 saturated carbocycles. The molecule has 0 bridgehead atoms. The number of rotatable bonds is 8. The largest absolute Gasteiger partial charge is 0.493 e. The van der Waals surface area contributed by atoms with Crippen LogP contribution in [-0.4, -0.2) is 32.4 Å². The summed E-state index contributed by atoms with van der Waals surface area (Å²) in [5.74, 6) is 0.248. The van der Waals surface area contributed by atoms with Crippen LogP contribution >= 0.6 is 23.2 Å². The molecule has 0 saturated heterocycles. The van der Waals surface area contributed by atoms with Gasteiger partial charge in [0.2, 0.25) is 5.91 Å². The number of carbonyl (C=O) groups is 1. The quantitative estimate of drug-likeness (QED) is 0.510. The molecule has 30 heavy (non-hydrogen) atoms. The van der Waals surface area contributed by atoms with Crippen molar-refractivity contribution in [3.8, 4) is 11.5 Å². The fourth-order valence-electron chi connectivity index (χ4n) is 2.98. The standard InChI is InChI=1S/C21H23Cl2NO5S/c1-13(2)21(25)24(15-5-6-15)12-14-4-9-19(28-3)20(10-14)29-30(26,27)16-7-8-17(22)18(23)11-16/h4,7-11,13,15H,5-6,12H2,1-3H3. The number of nitrogens with zero attached hydrogens (tertiary/aromatic N) is 1. The third-order valence-corrected chi connectivity index (χ3v) is 6.69. The van der Waals surface area contributed by atoms with Crippen molar-refractivity contribution in [2.45, 2.75) is 44.2 Å². The van der Waals surface area contributed by atoms with Crippen LogP contribution in [0.4, 0.5) is 0 Å². The number of hydrogen-bond donors (Lipinski definition) is 0. The molecule has 1 amide bonds. The number of ether oxygens (including phenoxy) is 1. The van der Waals surface area contributed by atoms with Crippen LogP contribution in [0.5, 0.6) is 11.5 Å². The third kappa shape index (κ3) is 5.20. The van der Waals surface area contributed by atoms with Crippen molar-refractivity contribution >= 4 is 39.2 Å². The molecule has 0 heterocycles. The second-order valence-corrected chi connectivity index (χ2v) is 9.81. The lowest BCUT2D eigenvalue weighted by Gasteiger charge is -2.25. The zero-order valence-corrected chi connectivity index (χ0v) is 19.2. The Labute approximate surface area is 186 Å². The molecule has 0 spiro atoms. The summed E-state index contributed by atoms with van der Waals surface area (Å²) in [6, 6.07) is 9.16. The van der Waals surface area contributed by atoms with Crippen molar-refractivity contribution in [2.75, 3.05) is 7.11 Å². The molecule has 2 aromatic rings. The predicted molar refractivity (Wildman–Crippen MR) is 116 cm³/mol. The number of methoxy groups -OCH3 is 1. The molecule has 1 aliphatic rings. The van der Waals surface area contributed by atoms with E-state index in [1.54, 1.807) is 18.2 Å². The van der Waals surface area contributed by atoms with Gasteiger partial charge in [-0.15, -0.1) is 0 Å². The van der Waals surface area contributed by atoms with E-state index < -0.39 is 10.1 Å². The summed E-state index contributed by atoms with van der Waals surface area (Å²) in [5, 5.41) is 0.347. The normalized spacial score (nSPS) is 13.9. The van der Waals surface area contributed by atoms with E-state index in [1.807, 2.05) is 18.7 Å². The van der Waals surface area contributed by atoms with E-state index in [2.05, 4.69) is 0 Å². The minimum absolute atomic E-state index is 0.0359. The average Bonchev–Trinajstić information content (AvgIpc) is 3.52. The van der Waals surface area contributed by atoms with E-state index >= 15 is 0 Å². The zero-order chi connectivity index (χ0) is 22.1. The molecule has 2 aromatic carbocycles. The highest BCUT2D eigenvalue weighted by atomic mass is 35.5. The summed E-state index contributed by atoms with van der Waals surface area (Å²) in [5.41, 5.74) is 0.746. The first-order valence-corrected chi connectivity index (χ1v) is 11.7. The van der Waals surface area contributed by atoms with Crippen LogP contribution in [0, 0.1) is 5.92 Å². The first kappa shape index (κ1) is 22.7. The van der Waals surface area contributed by atoms with Gasteiger partial charge >= 0.3 is 10.1 Å². The van der Waals surface area contributed by atoms with Crippen LogP contribution in [-0.2, 0) is 21.5 Å². The van der Waals surface area contributed by atoms with E-state index in [0.717, 1.165) is 18.4 Å². The average molecular weight is 472 g/mol. The number of amides is 1. The van der Waals surface area contributed by atoms with E-state index in [-0.39, 0.29) is 44.3 Å². The highest BCUT2D eigenvalue weighted by Crippen LogP contribution is 2.34. The van der Waals surface area contributed by atoms with Gasteiger partial charge in [-0.2, -0.15) is 8.42 Å². The summed E-state index contributed by atoms with van der Waals surface area (Å²) in [6.07, 6.45) is 1.95. The van der Waals surface area contributed by atoms with Gasteiger partial charge in [0, 0.05) is 18.5 Å². The molecule has 3 rings (SSSR count). The van der Waals surface area contributed by atoms with Gasteiger partial charge in [0.1, 0.15) is 4.90 Å². The van der Waals surface area contributed by atoms with Crippen LogP contribution in [0.15, 0.2) is 41.3 Å². The van der Waals surface area contributed by atoms with Crippen molar-refractivity contribution in [2.24, 2.45) is 5.92 Å². The zero-order valence-electron chi connectivity index (χ0n) is 16.9. The molecule has 1 aliphatic carbocycles. The Morgan fingerprint density at radius 3 is 2.37 bits per heavy atom. The molecule has 1 fully saturated rings. The van der Waals surface area contributed by atoms with E-state index in [1.165, 1.54) is 25.3 Å². The Hall–Kier alpha value is -1.96. The summed E-state index contributed by atoms with van der Waals surface area (Å²) in [7, 11) is -2.74. The summed E-state index contributed by atoms with van der Waals surface area (Å²) >= 11 is 11.8. The SMILES string of the molecule is COc1ccc(CN(C(=O)C(C)C)C2CC2)cc1OS(=O)(=O)c1ccc(Cl)c(Cl)c1. The molecule has 6 nitrogen and oxygen atoms in total. The Balaban J connectivity index is 1.89. The molecular weight excluding hydrogens is 449 g/mol. The molecule has 0 aromatic heterocycles. The molecular formula is C21H23Cl2NO5S. The number of benzene rings is 2. The van der Waals surface area contributed by atoms with E-state index in [0.29, 0.717) is 6.54 Å². The smallest absolute Gasteiger partial charge is 0.339 e. The van der Waals surface area contributed by atoms with Gasteiger partial charge in [0.05, 0.1) is 17.2 Å². The maximum absolute atomic E-state index is 12.7. The second kappa shape index (κ2) is 9.04. The summed E-state index contributed by atoms with van der Waals surface area (Å²) < 4.78 is 36.1. The second-order valence-electron chi connectivity index (χ2n) is 7.45. The Kier molecular flexibility index (Phi) is 6.84. The first-order chi connectivity index (χ1) is 14.1. The van der Waals surface area contributed by atoms with Crippen molar-refractivity contribution in [1.29, 1.82) is 0 Å². The molecule has 0 unspecified atom stereocenters. The lowest BCUT2D eigenvalue weighted by molar-refractivity contribution is -0.135. The fraction of sp³-hybridized carbons (Fsp3) is 0.381. The van der Waals surface area contributed by atoms with E-state index in [9.17, 15) is 13.2 Å². The maximum Gasteiger partial charge on any atom is 0.339 e. The van der Waals surface area contributed by atoms with Gasteiger partial charge in [0.15, 0.2) is 11.5 Å². The van der Waals surface area contributed by atoms with Crippen LogP contribution in [0.2, 0.25) is 10.0 Å². The first-order valence-electron chi connectivity index (χ1n) is 9.49. The molecule has 0 atom stereocenters. The van der Waals surface area contributed by atoms with E-state index in [4.69, 9.17) is 32.1 Å². The minimum Gasteiger partial charge on any atom is -0.493 e. The van der Waals surface area contributed by atoms with Gasteiger partial charge in [-0.05, 0) is 48.7 Å². The van der Waals surface area contributed by atoms with Crippen molar-refractivity contribution in [3.05, 3.63) is 52.0 Å². The van der Waals surface area contributed by atoms with Crippen LogP contribution in [0.1, 0.15) is 32.3 Å². The van der Waals surface area contributed by atoms with Crippen LogP contribution in [0.3, 0.4) is 0 Å². The molecule has 162 valence electrons. The highest BCUT2D eigenvalue weighted by Gasteiger charge is 2.33. The maximum atomic E-state index is 12.7. The number of halogens is 2. The number of carbonyl (C=O) groups excluding carboxylic acids is 1. The van der Waals surface area contributed by atoms with Crippen LogP contribution in [0.25, 0.3) is 0 Å². The Morgan fingerprint density at radius 2 is 1.80 bits per heavy atom. The Bertz CT molecular complexity index is 1050. The Morgan fingerprint density at radius 1 is 1.10 bits per heavy atom. The predicted octanol–water partition coefficient (Wildman–Crippen LogP) is 4.92. The van der Waals surface area contributed by atoms with Gasteiger partial charge < -0.3 is 13.8 Å². The van der Waals surface area contributed by atoms with Gasteiger partial charge in [-0.1, -0.05) is 43.1 Å². The van der Waals surface area contributed by atoms with Gasteiger partial charge in [0.25, 0.3) is 0 Å². The summed E-state index contributed by atoms with van der Waals surface area (Å²) in [6.45, 7) is 4.10. The van der Waals surface area contributed by atoms with Gasteiger partial charge in [-0.25, -0.2) is 0 Å². The third-order valence-electron chi connectivity index (χ3n) is 4.72. The van der Waals surface area contributed by atoms with Crippen molar-refractivity contribution < 1.29 is 22.1 Å². The number of hydrogen-bond acceptors (Lipinski definition) is 5. The minimum atomic E-state index is -4.17. The lowest BCUT2D eigenvalue weighted by atomic mass is 10.1. The van der Waals surface area contributed by atoms with Crippen molar-refractivity contribution in [1.82, 2.24) is 4.90 Å². The monoisotopic (exact) mass is 471 g/mol.